The molecule has 38 heavy (non-hydrogen) atoms. The summed E-state index contributed by atoms with van der Waals surface area (Å²) in [5.41, 5.74) is 6.44. The number of fused-ring (bicyclic) bond motifs is 5. The molecule has 10 atom stereocenters. The lowest BCUT2D eigenvalue weighted by atomic mass is 9.43. The highest BCUT2D eigenvalue weighted by Crippen LogP contribution is 2.68. The van der Waals surface area contributed by atoms with Crippen LogP contribution < -0.4 is 16.4 Å². The highest BCUT2D eigenvalue weighted by molar-refractivity contribution is 5.11. The largest absolute Gasteiger partial charge is 0.393 e. The van der Waals surface area contributed by atoms with Gasteiger partial charge in [-0.2, -0.15) is 0 Å². The molecule has 222 valence electrons. The van der Waals surface area contributed by atoms with E-state index in [0.29, 0.717) is 22.8 Å². The molecular formula is C34H65N3O. The first-order valence-electron chi connectivity index (χ1n) is 17.0. The van der Waals surface area contributed by atoms with Gasteiger partial charge in [0.05, 0.1) is 6.10 Å². The molecule has 4 nitrogen and oxygen atoms in total. The lowest BCUT2D eigenvalue weighted by molar-refractivity contribution is -0.162. The summed E-state index contributed by atoms with van der Waals surface area (Å²) >= 11 is 0. The SMILES string of the molecule is CC(C)CCC[C@@H](C)[C@H]1CCC2C3C[C@@H](O)[C@H]4C[C@H](NCCCNCCCCN)CC[C@]4(C)C3CC[C@@]21C. The quantitative estimate of drug-likeness (QED) is 0.187. The van der Waals surface area contributed by atoms with E-state index < -0.39 is 0 Å². The first kappa shape index (κ1) is 30.8. The Bertz CT molecular complexity index is 714. The molecule has 4 fully saturated rings. The van der Waals surface area contributed by atoms with Crippen molar-refractivity contribution >= 4 is 0 Å². The lowest BCUT2D eigenvalue weighted by Gasteiger charge is -2.62. The van der Waals surface area contributed by atoms with Gasteiger partial charge < -0.3 is 21.5 Å². The maximum atomic E-state index is 11.6. The van der Waals surface area contributed by atoms with Crippen molar-refractivity contribution < 1.29 is 5.11 Å². The predicted molar refractivity (Wildman–Crippen MR) is 162 cm³/mol. The molecule has 0 aliphatic heterocycles. The number of hydrogen-bond donors (Lipinski definition) is 4. The normalized spacial score (nSPS) is 41.5. The van der Waals surface area contributed by atoms with Crippen molar-refractivity contribution in [2.45, 2.75) is 137 Å². The summed E-state index contributed by atoms with van der Waals surface area (Å²) in [5, 5.41) is 19.1. The van der Waals surface area contributed by atoms with Crippen LogP contribution in [0.3, 0.4) is 0 Å². The molecule has 4 saturated carbocycles. The van der Waals surface area contributed by atoms with Crippen LogP contribution in [0.2, 0.25) is 0 Å². The maximum Gasteiger partial charge on any atom is 0.0577 e. The second kappa shape index (κ2) is 13.7. The molecule has 0 aromatic rings. The van der Waals surface area contributed by atoms with Gasteiger partial charge in [-0.1, -0.05) is 53.9 Å². The third-order valence-corrected chi connectivity index (χ3v) is 12.7. The predicted octanol–water partition coefficient (Wildman–Crippen LogP) is 6.76. The van der Waals surface area contributed by atoms with E-state index in [-0.39, 0.29) is 6.10 Å². The Labute approximate surface area is 236 Å². The minimum Gasteiger partial charge on any atom is -0.393 e. The number of hydrogen-bond acceptors (Lipinski definition) is 4. The van der Waals surface area contributed by atoms with Gasteiger partial charge in [0.25, 0.3) is 0 Å². The highest BCUT2D eigenvalue weighted by Gasteiger charge is 2.62. The van der Waals surface area contributed by atoms with E-state index in [4.69, 9.17) is 5.73 Å². The van der Waals surface area contributed by atoms with Crippen LogP contribution in [-0.4, -0.2) is 43.4 Å². The summed E-state index contributed by atoms with van der Waals surface area (Å²) in [6, 6.07) is 0.591. The molecule has 0 heterocycles. The van der Waals surface area contributed by atoms with E-state index in [1.54, 1.807) is 0 Å². The van der Waals surface area contributed by atoms with E-state index in [9.17, 15) is 5.11 Å². The van der Waals surface area contributed by atoms with Crippen LogP contribution >= 0.6 is 0 Å². The summed E-state index contributed by atoms with van der Waals surface area (Å²) in [4.78, 5) is 0. The van der Waals surface area contributed by atoms with Crippen LogP contribution in [0.1, 0.15) is 125 Å². The van der Waals surface area contributed by atoms with Gasteiger partial charge in [0.1, 0.15) is 0 Å². The number of nitrogens with two attached hydrogens (primary N) is 1. The molecule has 4 aliphatic rings. The fourth-order valence-corrected chi connectivity index (χ4v) is 10.5. The van der Waals surface area contributed by atoms with Crippen LogP contribution in [0.4, 0.5) is 0 Å². The van der Waals surface area contributed by atoms with Crippen LogP contribution in [0, 0.1) is 52.3 Å². The summed E-state index contributed by atoms with van der Waals surface area (Å²) < 4.78 is 0. The fraction of sp³-hybridized carbons (Fsp3) is 1.00. The minimum absolute atomic E-state index is 0.0973. The number of nitrogens with one attached hydrogen (secondary N) is 2. The zero-order chi connectivity index (χ0) is 27.3. The number of rotatable bonds is 14. The third kappa shape index (κ3) is 6.66. The van der Waals surface area contributed by atoms with E-state index in [1.807, 2.05) is 0 Å². The Hall–Kier alpha value is -0.160. The number of aliphatic hydroxyl groups is 1. The molecule has 0 amide bonds. The molecule has 0 aromatic carbocycles. The Morgan fingerprint density at radius 2 is 1.53 bits per heavy atom. The van der Waals surface area contributed by atoms with Gasteiger partial charge in [-0.25, -0.2) is 0 Å². The molecule has 4 aliphatic carbocycles. The average Bonchev–Trinajstić information content (AvgIpc) is 3.23. The minimum atomic E-state index is -0.0973. The molecular weight excluding hydrogens is 466 g/mol. The van der Waals surface area contributed by atoms with Crippen LogP contribution in [-0.2, 0) is 0 Å². The van der Waals surface area contributed by atoms with E-state index >= 15 is 0 Å². The monoisotopic (exact) mass is 532 g/mol. The number of unbranched alkanes of at least 4 members (excludes halogenated alkanes) is 1. The second-order valence-electron chi connectivity index (χ2n) is 15.3. The summed E-state index contributed by atoms with van der Waals surface area (Å²) in [5.74, 6) is 5.52. The van der Waals surface area contributed by atoms with Crippen molar-refractivity contribution in [1.82, 2.24) is 10.6 Å². The molecule has 4 rings (SSSR count). The van der Waals surface area contributed by atoms with Gasteiger partial charge in [0.15, 0.2) is 0 Å². The molecule has 4 heteroatoms. The zero-order valence-electron chi connectivity index (χ0n) is 25.9. The summed E-state index contributed by atoms with van der Waals surface area (Å²) in [6.45, 7) is 16.7. The van der Waals surface area contributed by atoms with Gasteiger partial charge in [-0.15, -0.1) is 0 Å². The van der Waals surface area contributed by atoms with Gasteiger partial charge in [-0.3, -0.25) is 0 Å². The Kier molecular flexibility index (Phi) is 11.1. The first-order chi connectivity index (χ1) is 18.2. The van der Waals surface area contributed by atoms with Gasteiger partial charge >= 0.3 is 0 Å². The molecule has 0 spiro atoms. The Balaban J connectivity index is 1.30. The second-order valence-corrected chi connectivity index (χ2v) is 15.3. The van der Waals surface area contributed by atoms with E-state index in [1.165, 1.54) is 77.0 Å². The molecule has 5 N–H and O–H groups in total. The van der Waals surface area contributed by atoms with Crippen LogP contribution in [0.15, 0.2) is 0 Å². The van der Waals surface area contributed by atoms with Crippen molar-refractivity contribution in [3.05, 3.63) is 0 Å². The molecule has 0 saturated heterocycles. The molecule has 0 radical (unpaired) electrons. The topological polar surface area (TPSA) is 70.3 Å². The van der Waals surface area contributed by atoms with Gasteiger partial charge in [0.2, 0.25) is 0 Å². The van der Waals surface area contributed by atoms with Crippen molar-refractivity contribution in [2.75, 3.05) is 26.2 Å². The first-order valence-corrected chi connectivity index (χ1v) is 17.0. The fourth-order valence-electron chi connectivity index (χ4n) is 10.5. The van der Waals surface area contributed by atoms with Gasteiger partial charge in [-0.05, 0) is 149 Å². The van der Waals surface area contributed by atoms with E-state index in [0.717, 1.165) is 74.5 Å². The summed E-state index contributed by atoms with van der Waals surface area (Å²) in [7, 11) is 0. The summed E-state index contributed by atoms with van der Waals surface area (Å²) in [6.07, 6.45) is 18.2. The van der Waals surface area contributed by atoms with Crippen LogP contribution in [0.5, 0.6) is 0 Å². The van der Waals surface area contributed by atoms with Crippen LogP contribution in [0.25, 0.3) is 0 Å². The van der Waals surface area contributed by atoms with Crippen molar-refractivity contribution in [2.24, 2.45) is 58.0 Å². The van der Waals surface area contributed by atoms with Gasteiger partial charge in [0, 0.05) is 6.04 Å². The maximum absolute atomic E-state index is 11.6. The van der Waals surface area contributed by atoms with Crippen molar-refractivity contribution in [1.29, 1.82) is 0 Å². The number of aliphatic hydroxyl groups excluding tert-OH is 1. The smallest absolute Gasteiger partial charge is 0.0577 e. The molecule has 3 unspecified atom stereocenters. The van der Waals surface area contributed by atoms with Crippen molar-refractivity contribution in [3.8, 4) is 0 Å². The molecule has 0 aromatic heterocycles. The Morgan fingerprint density at radius 1 is 0.789 bits per heavy atom. The zero-order valence-corrected chi connectivity index (χ0v) is 25.9. The third-order valence-electron chi connectivity index (χ3n) is 12.7. The van der Waals surface area contributed by atoms with E-state index in [2.05, 4.69) is 45.3 Å². The molecule has 0 bridgehead atoms. The van der Waals surface area contributed by atoms with Crippen molar-refractivity contribution in [3.63, 3.8) is 0 Å². The standard InChI is InChI=1S/C34H65N3O/c1-24(2)10-8-11-25(3)28-12-13-29-27-23-32(38)31-22-26(37-21-9-20-36-19-7-6-18-35)14-16-34(31,5)30(27)15-17-33(28,29)4/h24-32,36-38H,6-23,35H2,1-5H3/t25-,26-,27?,28-,29?,30?,31-,32-,33-,34-/m1/s1. The average molecular weight is 532 g/mol. The Morgan fingerprint density at radius 3 is 2.29 bits per heavy atom. The lowest BCUT2D eigenvalue weighted by Crippen LogP contribution is -2.59. The highest BCUT2D eigenvalue weighted by atomic mass is 16.3.